The van der Waals surface area contributed by atoms with Crippen LogP contribution < -0.4 is 0 Å². The van der Waals surface area contributed by atoms with Crippen LogP contribution >= 0.6 is 0 Å². The topological polar surface area (TPSA) is 24.7 Å². The van der Waals surface area contributed by atoms with Crippen molar-refractivity contribution in [2.24, 2.45) is 21.8 Å². The summed E-state index contributed by atoms with van der Waals surface area (Å²) in [6.45, 7) is 1.60. The fourth-order valence-electron chi connectivity index (χ4n) is 3.38. The van der Waals surface area contributed by atoms with E-state index in [4.69, 9.17) is 0 Å². The third-order valence-electron chi connectivity index (χ3n) is 4.87. The van der Waals surface area contributed by atoms with Crippen molar-refractivity contribution < 1.29 is 8.78 Å². The molecule has 26 heavy (non-hydrogen) atoms. The molecule has 0 heterocycles. The first-order valence-electron chi connectivity index (χ1n) is 9.20. The molecule has 0 unspecified atom stereocenters. The Balaban J connectivity index is 1.39. The first kappa shape index (κ1) is 18.4. The van der Waals surface area contributed by atoms with E-state index in [0.717, 1.165) is 49.9 Å². The Bertz CT molecular complexity index is 697. The van der Waals surface area contributed by atoms with Gasteiger partial charge in [-0.1, -0.05) is 24.3 Å². The van der Waals surface area contributed by atoms with Crippen molar-refractivity contribution in [3.8, 4) is 0 Å². The van der Waals surface area contributed by atoms with Crippen molar-refractivity contribution in [1.82, 2.24) is 0 Å². The monoisotopic (exact) mass is 354 g/mol. The van der Waals surface area contributed by atoms with Crippen molar-refractivity contribution in [3.63, 3.8) is 0 Å². The number of hydrogen-bond acceptors (Lipinski definition) is 2. The van der Waals surface area contributed by atoms with Crippen LogP contribution in [0.15, 0.2) is 58.5 Å². The van der Waals surface area contributed by atoms with Crippen molar-refractivity contribution in [2.45, 2.75) is 25.7 Å². The van der Waals surface area contributed by atoms with Gasteiger partial charge in [0, 0.05) is 25.5 Å². The zero-order valence-electron chi connectivity index (χ0n) is 14.8. The lowest BCUT2D eigenvalue weighted by molar-refractivity contribution is 0.286. The van der Waals surface area contributed by atoms with Crippen LogP contribution in [0.3, 0.4) is 0 Å². The summed E-state index contributed by atoms with van der Waals surface area (Å²) in [6.07, 6.45) is 8.14. The average molecular weight is 354 g/mol. The number of rotatable bonds is 6. The lowest BCUT2D eigenvalue weighted by Gasteiger charge is -2.26. The van der Waals surface area contributed by atoms with E-state index >= 15 is 0 Å². The minimum Gasteiger partial charge on any atom is -0.292 e. The van der Waals surface area contributed by atoms with E-state index < -0.39 is 0 Å². The molecule has 2 nitrogen and oxygen atoms in total. The number of halogens is 2. The molecule has 0 spiro atoms. The first-order chi connectivity index (χ1) is 12.7. The van der Waals surface area contributed by atoms with E-state index in [1.807, 2.05) is 12.1 Å². The van der Waals surface area contributed by atoms with Crippen molar-refractivity contribution in [2.75, 3.05) is 13.1 Å². The highest BCUT2D eigenvalue weighted by Crippen LogP contribution is 2.29. The van der Waals surface area contributed by atoms with E-state index in [9.17, 15) is 8.78 Å². The van der Waals surface area contributed by atoms with E-state index in [1.165, 1.54) is 24.3 Å². The molecular formula is C22H24F2N2. The molecule has 0 saturated heterocycles. The SMILES string of the molecule is Fc1cccc(C=NCC2CCC(CN=Cc3cccc(F)c3)CC2)c1. The van der Waals surface area contributed by atoms with Gasteiger partial charge in [-0.05, 0) is 72.9 Å². The van der Waals surface area contributed by atoms with Crippen LogP contribution in [0.25, 0.3) is 0 Å². The molecule has 0 N–H and O–H groups in total. The van der Waals surface area contributed by atoms with Gasteiger partial charge in [-0.2, -0.15) is 0 Å². The molecule has 3 rings (SSSR count). The molecule has 4 heteroatoms. The van der Waals surface area contributed by atoms with Gasteiger partial charge >= 0.3 is 0 Å². The fourth-order valence-corrected chi connectivity index (χ4v) is 3.38. The molecule has 0 aromatic heterocycles. The number of hydrogen-bond donors (Lipinski definition) is 0. The molecule has 0 bridgehead atoms. The van der Waals surface area contributed by atoms with Crippen LogP contribution in [0.5, 0.6) is 0 Å². The number of benzene rings is 2. The molecule has 0 amide bonds. The second kappa shape index (κ2) is 9.37. The molecule has 136 valence electrons. The van der Waals surface area contributed by atoms with Gasteiger partial charge in [-0.25, -0.2) is 8.78 Å². The van der Waals surface area contributed by atoms with Gasteiger partial charge in [0.25, 0.3) is 0 Å². The van der Waals surface area contributed by atoms with Gasteiger partial charge in [0.15, 0.2) is 0 Å². The van der Waals surface area contributed by atoms with Crippen LogP contribution in [0.2, 0.25) is 0 Å². The van der Waals surface area contributed by atoms with Gasteiger partial charge in [-0.15, -0.1) is 0 Å². The minimum atomic E-state index is -0.228. The Hall–Kier alpha value is -2.36. The summed E-state index contributed by atoms with van der Waals surface area (Å²) in [5.41, 5.74) is 1.62. The Labute approximate surface area is 153 Å². The van der Waals surface area contributed by atoms with Crippen molar-refractivity contribution >= 4 is 12.4 Å². The second-order valence-corrected chi connectivity index (χ2v) is 6.99. The third kappa shape index (κ3) is 5.87. The third-order valence-corrected chi connectivity index (χ3v) is 4.87. The van der Waals surface area contributed by atoms with Crippen LogP contribution in [-0.4, -0.2) is 25.5 Å². The summed E-state index contributed by atoms with van der Waals surface area (Å²) in [7, 11) is 0. The number of aliphatic imine (C=N–C) groups is 2. The molecule has 0 radical (unpaired) electrons. The van der Waals surface area contributed by atoms with Crippen LogP contribution in [0, 0.1) is 23.5 Å². The smallest absolute Gasteiger partial charge is 0.123 e. The molecule has 1 aliphatic carbocycles. The highest BCUT2D eigenvalue weighted by Gasteiger charge is 2.20. The normalized spacial score (nSPS) is 20.8. The Morgan fingerprint density at radius 2 is 1.15 bits per heavy atom. The van der Waals surface area contributed by atoms with Crippen LogP contribution in [-0.2, 0) is 0 Å². The van der Waals surface area contributed by atoms with E-state index in [2.05, 4.69) is 9.98 Å². The van der Waals surface area contributed by atoms with Gasteiger partial charge < -0.3 is 0 Å². The fraction of sp³-hybridized carbons (Fsp3) is 0.364. The van der Waals surface area contributed by atoms with Gasteiger partial charge in [0.1, 0.15) is 11.6 Å². The molecule has 2 aromatic rings. The summed E-state index contributed by atoms with van der Waals surface area (Å²) in [6, 6.07) is 13.0. The molecule has 2 aromatic carbocycles. The highest BCUT2D eigenvalue weighted by atomic mass is 19.1. The molecule has 1 saturated carbocycles. The lowest BCUT2D eigenvalue weighted by atomic mass is 9.82. The number of nitrogens with zero attached hydrogens (tertiary/aromatic N) is 2. The zero-order chi connectivity index (χ0) is 18.2. The van der Waals surface area contributed by atoms with Crippen molar-refractivity contribution in [1.29, 1.82) is 0 Å². The average Bonchev–Trinajstić information content (AvgIpc) is 2.63. The zero-order valence-corrected chi connectivity index (χ0v) is 14.8. The Kier molecular flexibility index (Phi) is 6.64. The molecule has 0 atom stereocenters. The molecule has 0 aliphatic heterocycles. The molecule has 1 fully saturated rings. The largest absolute Gasteiger partial charge is 0.292 e. The first-order valence-corrected chi connectivity index (χ1v) is 9.20. The maximum atomic E-state index is 13.1. The Morgan fingerprint density at radius 1 is 0.731 bits per heavy atom. The van der Waals surface area contributed by atoms with Gasteiger partial charge in [-0.3, -0.25) is 9.98 Å². The van der Waals surface area contributed by atoms with Gasteiger partial charge in [0.05, 0.1) is 0 Å². The van der Waals surface area contributed by atoms with E-state index in [1.54, 1.807) is 24.6 Å². The molecular weight excluding hydrogens is 330 g/mol. The molecule has 1 aliphatic rings. The lowest BCUT2D eigenvalue weighted by Crippen LogP contribution is -2.18. The summed E-state index contributed by atoms with van der Waals surface area (Å²) in [4.78, 5) is 8.97. The standard InChI is InChI=1S/C22H24F2N2/c23-21-5-1-3-19(11-21)15-25-13-17-7-9-18(10-8-17)14-26-16-20-4-2-6-22(24)12-20/h1-6,11-12,15-18H,7-10,13-14H2. The van der Waals surface area contributed by atoms with E-state index in [0.29, 0.717) is 11.8 Å². The minimum absolute atomic E-state index is 0.228. The maximum absolute atomic E-state index is 13.1. The summed E-state index contributed by atoms with van der Waals surface area (Å²) in [5, 5.41) is 0. The van der Waals surface area contributed by atoms with Crippen molar-refractivity contribution in [3.05, 3.63) is 71.3 Å². The predicted molar refractivity (Wildman–Crippen MR) is 103 cm³/mol. The Morgan fingerprint density at radius 3 is 1.54 bits per heavy atom. The summed E-state index contributed by atoms with van der Waals surface area (Å²) >= 11 is 0. The summed E-state index contributed by atoms with van der Waals surface area (Å²) in [5.74, 6) is 0.744. The van der Waals surface area contributed by atoms with Crippen LogP contribution in [0.1, 0.15) is 36.8 Å². The summed E-state index contributed by atoms with van der Waals surface area (Å²) < 4.78 is 26.3. The highest BCUT2D eigenvalue weighted by molar-refractivity contribution is 5.79. The quantitative estimate of drug-likeness (QED) is 0.628. The maximum Gasteiger partial charge on any atom is 0.123 e. The predicted octanol–water partition coefficient (Wildman–Crippen LogP) is 5.31. The second-order valence-electron chi connectivity index (χ2n) is 6.99. The van der Waals surface area contributed by atoms with Crippen LogP contribution in [0.4, 0.5) is 8.78 Å². The van der Waals surface area contributed by atoms with E-state index in [-0.39, 0.29) is 11.6 Å². The van der Waals surface area contributed by atoms with Gasteiger partial charge in [0.2, 0.25) is 0 Å².